The van der Waals surface area contributed by atoms with Crippen LogP contribution in [0.25, 0.3) is 0 Å². The monoisotopic (exact) mass is 208 g/mol. The van der Waals surface area contributed by atoms with E-state index in [1.165, 1.54) is 3.58 Å². The van der Waals surface area contributed by atoms with Gasteiger partial charge >= 0.3 is 0 Å². The van der Waals surface area contributed by atoms with Crippen molar-refractivity contribution in [1.29, 1.82) is 0 Å². The Morgan fingerprint density at radius 3 is 2.86 bits per heavy atom. The molecular formula is C4H5IN2. The minimum Gasteiger partial charge on any atom is -0.244 e. The molecule has 0 fully saturated rings. The molecule has 0 bridgehead atoms. The second kappa shape index (κ2) is 2.30. The maximum Gasteiger partial charge on any atom is 0.121 e. The van der Waals surface area contributed by atoms with Crippen molar-refractivity contribution in [3.63, 3.8) is 0 Å². The van der Waals surface area contributed by atoms with Crippen molar-refractivity contribution in [2.45, 2.75) is 6.92 Å². The van der Waals surface area contributed by atoms with Crippen LogP contribution in [0.15, 0.2) is 17.9 Å². The second-order valence-corrected chi connectivity index (χ2v) is 3.90. The smallest absolute Gasteiger partial charge is 0.121 e. The molecule has 1 aliphatic rings. The van der Waals surface area contributed by atoms with E-state index in [1.807, 2.05) is 6.20 Å². The van der Waals surface area contributed by atoms with Crippen molar-refractivity contribution < 1.29 is 0 Å². The zero-order chi connectivity index (χ0) is 5.11. The van der Waals surface area contributed by atoms with Gasteiger partial charge in [0.25, 0.3) is 0 Å². The van der Waals surface area contributed by atoms with E-state index in [0.717, 1.165) is 0 Å². The number of rotatable bonds is 0. The maximum absolute atomic E-state index is 4.01. The van der Waals surface area contributed by atoms with E-state index in [0.29, 0.717) is 0 Å². The Kier molecular flexibility index (Phi) is 1.67. The summed E-state index contributed by atoms with van der Waals surface area (Å²) in [6, 6.07) is 0. The average molecular weight is 208 g/mol. The first-order valence-electron chi connectivity index (χ1n) is 1.92. The van der Waals surface area contributed by atoms with Crippen LogP contribution in [0.2, 0.25) is 0 Å². The first kappa shape index (κ1) is 5.08. The summed E-state index contributed by atoms with van der Waals surface area (Å²) in [6.07, 6.45) is 3.50. The van der Waals surface area contributed by atoms with Crippen LogP contribution < -0.4 is 0 Å². The number of halogens is 1. The van der Waals surface area contributed by atoms with E-state index >= 15 is 0 Å². The minimum atomic E-state index is -0.0112. The first-order chi connectivity index (χ1) is 3.39. The normalized spacial score (nSPS) is 18.1. The Hall–Kier alpha value is -0.0600. The van der Waals surface area contributed by atoms with Crippen molar-refractivity contribution in [1.82, 2.24) is 0 Å². The predicted octanol–water partition coefficient (Wildman–Crippen LogP) is 2.04. The molecule has 0 aromatic carbocycles. The molecule has 0 amide bonds. The SMILES string of the molecule is CC1=CN=CN=I1. The molecule has 1 heterocycles. The summed E-state index contributed by atoms with van der Waals surface area (Å²) >= 11 is -0.0112. The Morgan fingerprint density at radius 1 is 1.71 bits per heavy atom. The van der Waals surface area contributed by atoms with Crippen molar-refractivity contribution >= 4 is 27.4 Å². The zero-order valence-electron chi connectivity index (χ0n) is 3.93. The summed E-state index contributed by atoms with van der Waals surface area (Å²) in [5.74, 6) is 0. The summed E-state index contributed by atoms with van der Waals surface area (Å²) in [7, 11) is 0. The molecule has 0 aromatic rings. The van der Waals surface area contributed by atoms with E-state index in [9.17, 15) is 0 Å². The quantitative estimate of drug-likeness (QED) is 0.544. The van der Waals surface area contributed by atoms with Gasteiger partial charge in [0.05, 0.1) is 0 Å². The molecule has 0 saturated heterocycles. The first-order valence-corrected chi connectivity index (χ1v) is 3.96. The second-order valence-electron chi connectivity index (χ2n) is 1.16. The lowest BCUT2D eigenvalue weighted by atomic mass is 10.7. The third kappa shape index (κ3) is 1.46. The summed E-state index contributed by atoms with van der Waals surface area (Å²) in [5, 5.41) is 0. The number of hydrogen-bond donors (Lipinski definition) is 0. The van der Waals surface area contributed by atoms with Crippen molar-refractivity contribution in [3.05, 3.63) is 9.78 Å². The molecule has 0 N–H and O–H groups in total. The highest BCUT2D eigenvalue weighted by atomic mass is 127. The topological polar surface area (TPSA) is 24.7 Å². The summed E-state index contributed by atoms with van der Waals surface area (Å²) in [4.78, 5) is 3.83. The number of nitrogens with zero attached hydrogens (tertiary/aromatic N) is 2. The van der Waals surface area contributed by atoms with Gasteiger partial charge in [-0.3, -0.25) is 0 Å². The molecule has 1 aliphatic heterocycles. The highest BCUT2D eigenvalue weighted by molar-refractivity contribution is 14.2. The number of aliphatic imine (C=N–C) groups is 1. The maximum atomic E-state index is 4.01. The Balaban J connectivity index is 2.82. The van der Waals surface area contributed by atoms with Crippen LogP contribution in [0.1, 0.15) is 6.92 Å². The van der Waals surface area contributed by atoms with Crippen LogP contribution in [-0.2, 0) is 0 Å². The minimum absolute atomic E-state index is 0.0112. The lowest BCUT2D eigenvalue weighted by Gasteiger charge is -1.86. The summed E-state index contributed by atoms with van der Waals surface area (Å²) in [6.45, 7) is 2.06. The largest absolute Gasteiger partial charge is 0.244 e. The van der Waals surface area contributed by atoms with Crippen LogP contribution in [0.5, 0.6) is 0 Å². The van der Waals surface area contributed by atoms with Gasteiger partial charge in [-0.25, -0.2) is 8.14 Å². The molecule has 0 atom stereocenters. The van der Waals surface area contributed by atoms with E-state index in [4.69, 9.17) is 0 Å². The Labute approximate surface area is 52.5 Å². The predicted molar refractivity (Wildman–Crippen MR) is 38.7 cm³/mol. The van der Waals surface area contributed by atoms with Gasteiger partial charge in [0.1, 0.15) is 6.34 Å². The van der Waals surface area contributed by atoms with Crippen LogP contribution in [0, 0.1) is 0 Å². The molecule has 2 nitrogen and oxygen atoms in total. The van der Waals surface area contributed by atoms with E-state index in [2.05, 4.69) is 15.1 Å². The third-order valence-electron chi connectivity index (χ3n) is 0.545. The van der Waals surface area contributed by atoms with E-state index < -0.39 is 0 Å². The lowest BCUT2D eigenvalue weighted by molar-refractivity contribution is 1.51. The van der Waals surface area contributed by atoms with Crippen LogP contribution >= 0.6 is 21.0 Å². The highest BCUT2D eigenvalue weighted by Gasteiger charge is 1.82. The third-order valence-corrected chi connectivity index (χ3v) is 2.11. The number of allylic oxidation sites excluding steroid dienone is 1. The molecule has 38 valence electrons. The molecule has 0 aliphatic carbocycles. The fraction of sp³-hybridized carbons (Fsp3) is 0.250. The molecule has 0 saturated carbocycles. The Morgan fingerprint density at radius 2 is 2.57 bits per heavy atom. The molecule has 0 spiro atoms. The molecule has 0 radical (unpaired) electrons. The van der Waals surface area contributed by atoms with Gasteiger partial charge in [-0.1, -0.05) is 0 Å². The fourth-order valence-electron chi connectivity index (χ4n) is 0.282. The number of hydrogen-bond acceptors (Lipinski definition) is 2. The lowest BCUT2D eigenvalue weighted by Crippen LogP contribution is -1.65. The van der Waals surface area contributed by atoms with Crippen molar-refractivity contribution in [2.75, 3.05) is 0 Å². The van der Waals surface area contributed by atoms with Crippen molar-refractivity contribution in [2.24, 2.45) is 8.14 Å². The van der Waals surface area contributed by atoms with Gasteiger partial charge < -0.3 is 0 Å². The molecule has 0 unspecified atom stereocenters. The Bertz CT molecular complexity index is 146. The molecule has 1 rings (SSSR count). The van der Waals surface area contributed by atoms with Gasteiger partial charge in [-0.05, 0) is 6.92 Å². The van der Waals surface area contributed by atoms with Crippen LogP contribution in [0.3, 0.4) is 0 Å². The van der Waals surface area contributed by atoms with E-state index in [1.54, 1.807) is 6.34 Å². The average Bonchev–Trinajstić information content (AvgIpc) is 1.69. The molecular weight excluding hydrogens is 203 g/mol. The van der Waals surface area contributed by atoms with Crippen LogP contribution in [0.4, 0.5) is 0 Å². The van der Waals surface area contributed by atoms with Gasteiger partial charge in [0.15, 0.2) is 0 Å². The molecule has 0 aromatic heterocycles. The summed E-state index contributed by atoms with van der Waals surface area (Å²) < 4.78 is 5.34. The van der Waals surface area contributed by atoms with Crippen LogP contribution in [-0.4, -0.2) is 6.34 Å². The molecule has 7 heavy (non-hydrogen) atoms. The van der Waals surface area contributed by atoms with Gasteiger partial charge in [-0.2, -0.15) is 0 Å². The standard InChI is InChI=1S/C4H5IN2/c1-4-2-6-3-7-5-4/h2-3H,1H3. The summed E-state index contributed by atoms with van der Waals surface area (Å²) in [5.41, 5.74) is 0. The van der Waals surface area contributed by atoms with Gasteiger partial charge in [0, 0.05) is 30.8 Å². The highest BCUT2D eigenvalue weighted by Crippen LogP contribution is 2.16. The van der Waals surface area contributed by atoms with Gasteiger partial charge in [-0.15, -0.1) is 0 Å². The zero-order valence-corrected chi connectivity index (χ0v) is 6.08. The van der Waals surface area contributed by atoms with Gasteiger partial charge in [0.2, 0.25) is 0 Å². The fourth-order valence-corrected chi connectivity index (χ4v) is 1.27. The van der Waals surface area contributed by atoms with Crippen molar-refractivity contribution in [3.8, 4) is 0 Å². The van der Waals surface area contributed by atoms with E-state index in [-0.39, 0.29) is 21.0 Å². The molecule has 3 heteroatoms.